The van der Waals surface area contributed by atoms with Gasteiger partial charge in [-0.05, 0) is 31.7 Å². The number of pyridine rings is 1. The summed E-state index contributed by atoms with van der Waals surface area (Å²) in [7, 11) is 1.48. The molecule has 0 amide bonds. The minimum Gasteiger partial charge on any atom is -0.480 e. The van der Waals surface area contributed by atoms with Crippen molar-refractivity contribution in [3.63, 3.8) is 0 Å². The van der Waals surface area contributed by atoms with E-state index in [1.807, 2.05) is 6.92 Å². The Morgan fingerprint density at radius 3 is 2.89 bits per heavy atom. The van der Waals surface area contributed by atoms with E-state index in [9.17, 15) is 10.4 Å². The minimum absolute atomic E-state index is 0.272. The van der Waals surface area contributed by atoms with E-state index in [4.69, 9.17) is 9.47 Å². The highest BCUT2D eigenvalue weighted by molar-refractivity contribution is 5.54. The summed E-state index contributed by atoms with van der Waals surface area (Å²) in [6.07, 6.45) is 1.66. The molecule has 0 aromatic carbocycles. The van der Waals surface area contributed by atoms with E-state index in [1.165, 1.54) is 7.11 Å². The van der Waals surface area contributed by atoms with Crippen molar-refractivity contribution in [3.8, 4) is 17.8 Å². The lowest BCUT2D eigenvalue weighted by atomic mass is 9.87. The van der Waals surface area contributed by atoms with E-state index in [0.29, 0.717) is 30.0 Å². The third-order valence-corrected chi connectivity index (χ3v) is 3.10. The van der Waals surface area contributed by atoms with Gasteiger partial charge in [0.1, 0.15) is 11.6 Å². The first kappa shape index (κ1) is 12.7. The lowest BCUT2D eigenvalue weighted by Gasteiger charge is -2.24. The Bertz CT molecular complexity index is 494. The molecule has 1 aliphatic rings. The van der Waals surface area contributed by atoms with Gasteiger partial charge in [0.25, 0.3) is 0 Å². The van der Waals surface area contributed by atoms with E-state index in [2.05, 4.69) is 11.1 Å². The van der Waals surface area contributed by atoms with Crippen LogP contribution in [-0.2, 0) is 6.42 Å². The van der Waals surface area contributed by atoms with Crippen LogP contribution in [-0.4, -0.2) is 23.8 Å². The Morgan fingerprint density at radius 2 is 2.28 bits per heavy atom. The Hall–Kier alpha value is -1.80. The number of aromatic nitrogens is 1. The van der Waals surface area contributed by atoms with Gasteiger partial charge in [-0.25, -0.2) is 0 Å². The SMILES string of the molecule is CCOc1nc(OC)c(C#N)c2c1C(O)CCC2. The second-order valence-corrected chi connectivity index (χ2v) is 4.15. The van der Waals surface area contributed by atoms with Crippen LogP contribution in [0.3, 0.4) is 0 Å². The summed E-state index contributed by atoms with van der Waals surface area (Å²) < 4.78 is 10.6. The van der Waals surface area contributed by atoms with Crippen LogP contribution < -0.4 is 9.47 Å². The molecule has 1 aromatic rings. The summed E-state index contributed by atoms with van der Waals surface area (Å²) in [6, 6.07) is 2.11. The average Bonchev–Trinajstić information content (AvgIpc) is 2.38. The van der Waals surface area contributed by atoms with Crippen molar-refractivity contribution in [2.24, 2.45) is 0 Å². The maximum absolute atomic E-state index is 10.1. The second kappa shape index (κ2) is 5.23. The van der Waals surface area contributed by atoms with Gasteiger partial charge in [-0.1, -0.05) is 0 Å². The summed E-state index contributed by atoms with van der Waals surface area (Å²) in [5, 5.41) is 19.3. The number of aliphatic hydroxyl groups excluding tert-OH is 1. The van der Waals surface area contributed by atoms with E-state index in [0.717, 1.165) is 18.4 Å². The largest absolute Gasteiger partial charge is 0.480 e. The Morgan fingerprint density at radius 1 is 1.50 bits per heavy atom. The lowest BCUT2D eigenvalue weighted by molar-refractivity contribution is 0.149. The Kier molecular flexibility index (Phi) is 3.68. The van der Waals surface area contributed by atoms with E-state index in [1.54, 1.807) is 0 Å². The number of ether oxygens (including phenoxy) is 2. The van der Waals surface area contributed by atoms with Crippen molar-refractivity contribution in [3.05, 3.63) is 16.7 Å². The molecular weight excluding hydrogens is 232 g/mol. The van der Waals surface area contributed by atoms with Crippen LogP contribution in [0.25, 0.3) is 0 Å². The maximum Gasteiger partial charge on any atom is 0.235 e. The third kappa shape index (κ3) is 2.00. The molecule has 0 bridgehead atoms. The van der Waals surface area contributed by atoms with Crippen molar-refractivity contribution in [2.75, 3.05) is 13.7 Å². The summed E-state index contributed by atoms with van der Waals surface area (Å²) >= 11 is 0. The number of rotatable bonds is 3. The molecule has 0 saturated carbocycles. The molecule has 18 heavy (non-hydrogen) atoms. The second-order valence-electron chi connectivity index (χ2n) is 4.15. The highest BCUT2D eigenvalue weighted by Crippen LogP contribution is 2.39. The number of nitriles is 1. The van der Waals surface area contributed by atoms with Crippen LogP contribution in [0.1, 0.15) is 42.6 Å². The third-order valence-electron chi connectivity index (χ3n) is 3.10. The van der Waals surface area contributed by atoms with Crippen molar-refractivity contribution >= 4 is 0 Å². The standard InChI is InChI=1S/C13H16N2O3/c1-3-18-13-11-8(5-4-6-10(11)16)9(7-14)12(15-13)17-2/h10,16H,3-6H2,1-2H3. The van der Waals surface area contributed by atoms with Crippen LogP contribution in [0.5, 0.6) is 11.8 Å². The fourth-order valence-electron chi connectivity index (χ4n) is 2.33. The van der Waals surface area contributed by atoms with Gasteiger partial charge < -0.3 is 14.6 Å². The van der Waals surface area contributed by atoms with Crippen LogP contribution >= 0.6 is 0 Å². The molecule has 1 heterocycles. The van der Waals surface area contributed by atoms with E-state index >= 15 is 0 Å². The molecular formula is C13H16N2O3. The first-order chi connectivity index (χ1) is 8.72. The predicted octanol–water partition coefficient (Wildman–Crippen LogP) is 1.73. The van der Waals surface area contributed by atoms with Crippen molar-refractivity contribution < 1.29 is 14.6 Å². The highest BCUT2D eigenvalue weighted by atomic mass is 16.5. The normalized spacial score (nSPS) is 17.8. The number of fused-ring (bicyclic) bond motifs is 1. The van der Waals surface area contributed by atoms with Gasteiger partial charge in [0, 0.05) is 5.56 Å². The molecule has 96 valence electrons. The number of aliphatic hydroxyl groups is 1. The molecule has 1 N–H and O–H groups in total. The smallest absolute Gasteiger partial charge is 0.235 e. The molecule has 1 aliphatic carbocycles. The van der Waals surface area contributed by atoms with Crippen LogP contribution in [0.2, 0.25) is 0 Å². The predicted molar refractivity (Wildman–Crippen MR) is 64.6 cm³/mol. The lowest BCUT2D eigenvalue weighted by Crippen LogP contribution is -2.15. The fraction of sp³-hybridized carbons (Fsp3) is 0.538. The van der Waals surface area contributed by atoms with Crippen LogP contribution in [0, 0.1) is 11.3 Å². The number of hydrogen-bond acceptors (Lipinski definition) is 5. The van der Waals surface area contributed by atoms with E-state index < -0.39 is 6.10 Å². The zero-order valence-electron chi connectivity index (χ0n) is 10.6. The van der Waals surface area contributed by atoms with E-state index in [-0.39, 0.29) is 5.88 Å². The van der Waals surface area contributed by atoms with Crippen LogP contribution in [0.15, 0.2) is 0 Å². The highest BCUT2D eigenvalue weighted by Gasteiger charge is 2.28. The summed E-state index contributed by atoms with van der Waals surface area (Å²) in [5.41, 5.74) is 1.88. The number of hydrogen-bond donors (Lipinski definition) is 1. The molecule has 1 unspecified atom stereocenters. The van der Waals surface area contributed by atoms with Gasteiger partial charge >= 0.3 is 0 Å². The topological polar surface area (TPSA) is 75.4 Å². The molecule has 2 rings (SSSR count). The zero-order chi connectivity index (χ0) is 13.1. The quantitative estimate of drug-likeness (QED) is 0.881. The monoisotopic (exact) mass is 248 g/mol. The summed E-state index contributed by atoms with van der Waals surface area (Å²) in [4.78, 5) is 4.19. The fourth-order valence-corrected chi connectivity index (χ4v) is 2.33. The molecule has 5 heteroatoms. The van der Waals surface area contributed by atoms with Gasteiger partial charge in [-0.2, -0.15) is 10.2 Å². The zero-order valence-corrected chi connectivity index (χ0v) is 10.6. The molecule has 1 atom stereocenters. The van der Waals surface area contributed by atoms with Crippen molar-refractivity contribution in [1.82, 2.24) is 4.98 Å². The molecule has 5 nitrogen and oxygen atoms in total. The van der Waals surface area contributed by atoms with Gasteiger partial charge in [-0.15, -0.1) is 0 Å². The molecule has 0 spiro atoms. The minimum atomic E-state index is -0.610. The molecule has 0 fully saturated rings. The summed E-state index contributed by atoms with van der Waals surface area (Å²) in [5.74, 6) is 0.657. The number of nitrogens with zero attached hydrogens (tertiary/aromatic N) is 2. The van der Waals surface area contributed by atoms with Crippen LogP contribution in [0.4, 0.5) is 0 Å². The molecule has 0 saturated heterocycles. The first-order valence-electron chi connectivity index (χ1n) is 6.04. The molecule has 0 aliphatic heterocycles. The molecule has 0 radical (unpaired) electrons. The molecule has 1 aromatic heterocycles. The number of methoxy groups -OCH3 is 1. The van der Waals surface area contributed by atoms with Gasteiger partial charge in [0.05, 0.1) is 19.8 Å². The Labute approximate surface area is 106 Å². The van der Waals surface area contributed by atoms with Gasteiger partial charge in [-0.3, -0.25) is 0 Å². The Balaban J connectivity index is 2.66. The van der Waals surface area contributed by atoms with Gasteiger partial charge in [0.15, 0.2) is 0 Å². The average molecular weight is 248 g/mol. The van der Waals surface area contributed by atoms with Gasteiger partial charge in [0.2, 0.25) is 11.8 Å². The maximum atomic E-state index is 10.1. The summed E-state index contributed by atoms with van der Waals surface area (Å²) in [6.45, 7) is 2.31. The first-order valence-corrected chi connectivity index (χ1v) is 6.04. The van der Waals surface area contributed by atoms with Crippen molar-refractivity contribution in [2.45, 2.75) is 32.3 Å². The van der Waals surface area contributed by atoms with Crippen molar-refractivity contribution in [1.29, 1.82) is 5.26 Å².